The standard InChI is InChI=1S/C14H13Cl2NO4/c15-10-2-3-11(16)9(7-10)1-4-13(18)17-5-6-21-12(8-17)14(19)20/h1-4,7,12H,5-6,8H2,(H,19,20)/b4-1+/t12-/m0/s1. The van der Waals surface area contributed by atoms with Crippen molar-refractivity contribution in [1.29, 1.82) is 0 Å². The van der Waals surface area contributed by atoms with E-state index in [1.165, 1.54) is 11.0 Å². The molecule has 1 aliphatic heterocycles. The quantitative estimate of drug-likeness (QED) is 0.864. The molecule has 0 saturated carbocycles. The number of carbonyl (C=O) groups is 2. The van der Waals surface area contributed by atoms with Gasteiger partial charge in [0.2, 0.25) is 5.91 Å². The van der Waals surface area contributed by atoms with Crippen LogP contribution in [0.5, 0.6) is 0 Å². The van der Waals surface area contributed by atoms with E-state index in [1.54, 1.807) is 24.3 Å². The number of rotatable bonds is 3. The van der Waals surface area contributed by atoms with Gasteiger partial charge in [0.05, 0.1) is 13.2 Å². The first-order chi connectivity index (χ1) is 9.97. The summed E-state index contributed by atoms with van der Waals surface area (Å²) in [6, 6.07) is 4.94. The number of hydrogen-bond donors (Lipinski definition) is 1. The van der Waals surface area contributed by atoms with Crippen LogP contribution in [0.4, 0.5) is 0 Å². The van der Waals surface area contributed by atoms with Gasteiger partial charge in [0, 0.05) is 22.7 Å². The fraction of sp³-hybridized carbons (Fsp3) is 0.286. The highest BCUT2D eigenvalue weighted by Gasteiger charge is 2.27. The van der Waals surface area contributed by atoms with Crippen molar-refractivity contribution in [3.8, 4) is 0 Å². The summed E-state index contributed by atoms with van der Waals surface area (Å²) in [6.07, 6.45) is 1.93. The molecule has 1 heterocycles. The molecule has 1 N–H and O–H groups in total. The van der Waals surface area contributed by atoms with Gasteiger partial charge in [0.15, 0.2) is 6.10 Å². The van der Waals surface area contributed by atoms with E-state index in [2.05, 4.69) is 0 Å². The second-order valence-corrected chi connectivity index (χ2v) is 5.32. The molecule has 1 aromatic carbocycles. The lowest BCUT2D eigenvalue weighted by Crippen LogP contribution is -2.48. The number of carboxylic acid groups (broad SMARTS) is 1. The molecular formula is C14H13Cl2NO4. The number of morpholine rings is 1. The van der Waals surface area contributed by atoms with E-state index >= 15 is 0 Å². The minimum absolute atomic E-state index is 0.0295. The molecular weight excluding hydrogens is 317 g/mol. The summed E-state index contributed by atoms with van der Waals surface area (Å²) in [5.41, 5.74) is 0.626. The van der Waals surface area contributed by atoms with Crippen molar-refractivity contribution < 1.29 is 19.4 Å². The van der Waals surface area contributed by atoms with Gasteiger partial charge in [-0.2, -0.15) is 0 Å². The second-order valence-electron chi connectivity index (χ2n) is 4.48. The molecule has 0 bridgehead atoms. The van der Waals surface area contributed by atoms with E-state index in [0.29, 0.717) is 22.2 Å². The summed E-state index contributed by atoms with van der Waals surface area (Å²) >= 11 is 11.9. The highest BCUT2D eigenvalue weighted by atomic mass is 35.5. The second kappa shape index (κ2) is 6.93. The van der Waals surface area contributed by atoms with Crippen molar-refractivity contribution in [2.75, 3.05) is 19.7 Å². The normalized spacial score (nSPS) is 19.0. The number of ether oxygens (including phenoxy) is 1. The molecule has 1 aliphatic rings. The zero-order chi connectivity index (χ0) is 15.4. The molecule has 0 aromatic heterocycles. The van der Waals surface area contributed by atoms with Gasteiger partial charge >= 0.3 is 5.97 Å². The van der Waals surface area contributed by atoms with Crippen LogP contribution in [-0.2, 0) is 14.3 Å². The minimum atomic E-state index is -1.07. The lowest BCUT2D eigenvalue weighted by atomic mass is 10.2. The molecule has 1 amide bonds. The van der Waals surface area contributed by atoms with E-state index in [-0.39, 0.29) is 19.1 Å². The molecule has 2 rings (SSSR count). The van der Waals surface area contributed by atoms with Gasteiger partial charge in [-0.25, -0.2) is 4.79 Å². The fourth-order valence-electron chi connectivity index (χ4n) is 1.91. The van der Waals surface area contributed by atoms with E-state index in [9.17, 15) is 9.59 Å². The van der Waals surface area contributed by atoms with Crippen LogP contribution in [0.1, 0.15) is 5.56 Å². The number of carbonyl (C=O) groups excluding carboxylic acids is 1. The van der Waals surface area contributed by atoms with E-state index in [1.807, 2.05) is 0 Å². The molecule has 1 saturated heterocycles. The molecule has 1 fully saturated rings. The summed E-state index contributed by atoms with van der Waals surface area (Å²) in [6.45, 7) is 0.590. The van der Waals surface area contributed by atoms with Crippen LogP contribution in [0.2, 0.25) is 10.0 Å². The highest BCUT2D eigenvalue weighted by molar-refractivity contribution is 6.34. The third-order valence-corrected chi connectivity index (χ3v) is 3.60. The first kappa shape index (κ1) is 15.8. The van der Waals surface area contributed by atoms with Crippen molar-refractivity contribution >= 4 is 41.2 Å². The van der Waals surface area contributed by atoms with E-state index in [0.717, 1.165) is 0 Å². The summed E-state index contributed by atoms with van der Waals surface area (Å²) in [4.78, 5) is 24.3. The van der Waals surface area contributed by atoms with Gasteiger partial charge < -0.3 is 14.7 Å². The molecule has 1 atom stereocenters. The number of carboxylic acids is 1. The largest absolute Gasteiger partial charge is 0.479 e. The Morgan fingerprint density at radius 2 is 2.14 bits per heavy atom. The number of halogens is 2. The Morgan fingerprint density at radius 3 is 2.86 bits per heavy atom. The van der Waals surface area contributed by atoms with Gasteiger partial charge in [-0.15, -0.1) is 0 Å². The van der Waals surface area contributed by atoms with Crippen LogP contribution in [-0.4, -0.2) is 47.7 Å². The lowest BCUT2D eigenvalue weighted by molar-refractivity contribution is -0.158. The van der Waals surface area contributed by atoms with Crippen molar-refractivity contribution in [1.82, 2.24) is 4.90 Å². The summed E-state index contributed by atoms with van der Waals surface area (Å²) in [5, 5.41) is 9.90. The Bertz CT molecular complexity index is 588. The van der Waals surface area contributed by atoms with Crippen LogP contribution < -0.4 is 0 Å². The number of amides is 1. The zero-order valence-electron chi connectivity index (χ0n) is 11.0. The summed E-state index contributed by atoms with van der Waals surface area (Å²) < 4.78 is 5.06. The van der Waals surface area contributed by atoms with Gasteiger partial charge in [0.25, 0.3) is 0 Å². The molecule has 5 nitrogen and oxygen atoms in total. The monoisotopic (exact) mass is 329 g/mol. The minimum Gasteiger partial charge on any atom is -0.479 e. The molecule has 0 spiro atoms. The SMILES string of the molecule is O=C(O)[C@@H]1CN(C(=O)/C=C/c2cc(Cl)ccc2Cl)CCO1. The summed E-state index contributed by atoms with van der Waals surface area (Å²) in [5.74, 6) is -1.37. The number of nitrogens with zero attached hydrogens (tertiary/aromatic N) is 1. The number of aliphatic carboxylic acids is 1. The average molecular weight is 330 g/mol. The first-order valence-electron chi connectivity index (χ1n) is 6.24. The van der Waals surface area contributed by atoms with Crippen LogP contribution in [0.15, 0.2) is 24.3 Å². The maximum absolute atomic E-state index is 12.1. The van der Waals surface area contributed by atoms with Crippen molar-refractivity contribution in [2.24, 2.45) is 0 Å². The van der Waals surface area contributed by atoms with Crippen LogP contribution in [0.25, 0.3) is 6.08 Å². The van der Waals surface area contributed by atoms with E-state index in [4.69, 9.17) is 33.0 Å². The maximum atomic E-state index is 12.1. The maximum Gasteiger partial charge on any atom is 0.334 e. The number of hydrogen-bond acceptors (Lipinski definition) is 3. The fourth-order valence-corrected chi connectivity index (χ4v) is 2.27. The smallest absolute Gasteiger partial charge is 0.334 e. The Labute approximate surface area is 131 Å². The zero-order valence-corrected chi connectivity index (χ0v) is 12.5. The van der Waals surface area contributed by atoms with Gasteiger partial charge in [0.1, 0.15) is 0 Å². The highest BCUT2D eigenvalue weighted by Crippen LogP contribution is 2.21. The van der Waals surface area contributed by atoms with Crippen molar-refractivity contribution in [2.45, 2.75) is 6.10 Å². The Balaban J connectivity index is 2.05. The third kappa shape index (κ3) is 4.20. The molecule has 1 aromatic rings. The van der Waals surface area contributed by atoms with Crippen molar-refractivity contribution in [3.05, 3.63) is 39.9 Å². The molecule has 7 heteroatoms. The molecule has 0 radical (unpaired) electrons. The Kier molecular flexibility index (Phi) is 5.22. The van der Waals surface area contributed by atoms with Crippen LogP contribution in [0.3, 0.4) is 0 Å². The summed E-state index contributed by atoms with van der Waals surface area (Å²) in [7, 11) is 0. The predicted molar refractivity (Wildman–Crippen MR) is 79.5 cm³/mol. The average Bonchev–Trinajstić information content (AvgIpc) is 2.48. The predicted octanol–water partition coefficient (Wildman–Crippen LogP) is 2.32. The third-order valence-electron chi connectivity index (χ3n) is 3.02. The number of benzene rings is 1. The van der Waals surface area contributed by atoms with Gasteiger partial charge in [-0.05, 0) is 29.8 Å². The molecule has 0 unspecified atom stereocenters. The van der Waals surface area contributed by atoms with Gasteiger partial charge in [-0.3, -0.25) is 4.79 Å². The molecule has 21 heavy (non-hydrogen) atoms. The van der Waals surface area contributed by atoms with Crippen molar-refractivity contribution in [3.63, 3.8) is 0 Å². The molecule has 0 aliphatic carbocycles. The Morgan fingerprint density at radius 1 is 1.38 bits per heavy atom. The van der Waals surface area contributed by atoms with Gasteiger partial charge in [-0.1, -0.05) is 23.2 Å². The van der Waals surface area contributed by atoms with Crippen LogP contribution >= 0.6 is 23.2 Å². The van der Waals surface area contributed by atoms with Crippen LogP contribution in [0, 0.1) is 0 Å². The first-order valence-corrected chi connectivity index (χ1v) is 6.99. The molecule has 112 valence electrons. The Hall–Kier alpha value is -1.56. The van der Waals surface area contributed by atoms with E-state index < -0.39 is 12.1 Å². The topological polar surface area (TPSA) is 66.8 Å². The lowest BCUT2D eigenvalue weighted by Gasteiger charge is -2.30.